The Bertz CT molecular complexity index is 772. The highest BCUT2D eigenvalue weighted by molar-refractivity contribution is 5.72. The van der Waals surface area contributed by atoms with Crippen LogP contribution in [0.3, 0.4) is 0 Å². The van der Waals surface area contributed by atoms with Crippen LogP contribution in [0.15, 0.2) is 54.3 Å². The van der Waals surface area contributed by atoms with Gasteiger partial charge in [0.1, 0.15) is 5.76 Å². The van der Waals surface area contributed by atoms with Crippen molar-refractivity contribution in [1.29, 1.82) is 0 Å². The molecule has 0 bridgehead atoms. The summed E-state index contributed by atoms with van der Waals surface area (Å²) in [4.78, 5) is 0. The molecule has 0 spiro atoms. The van der Waals surface area contributed by atoms with Crippen LogP contribution in [0.25, 0.3) is 5.57 Å². The number of aliphatic hydroxyl groups is 1. The van der Waals surface area contributed by atoms with Gasteiger partial charge in [-0.25, -0.2) is 0 Å². The van der Waals surface area contributed by atoms with E-state index < -0.39 is 0 Å². The van der Waals surface area contributed by atoms with Crippen LogP contribution in [0.1, 0.15) is 70.2 Å². The highest BCUT2D eigenvalue weighted by Crippen LogP contribution is 2.35. The standard InChI is InChI=1S/C26H38O/c1-11-24(22(8)27)19(5)13-20(6)25-15-18(4)17(3)14-23(25)16-21(7)26(9,10)12-2/h11,13-15,21,27H,5,8,12,16H2,1-4,6-7,9-10H3/b20-13+,24-11+. The predicted molar refractivity (Wildman–Crippen MR) is 121 cm³/mol. The molecule has 1 aromatic carbocycles. The smallest absolute Gasteiger partial charge is 0.115 e. The fourth-order valence-corrected chi connectivity index (χ4v) is 3.32. The minimum Gasteiger partial charge on any atom is -0.508 e. The van der Waals surface area contributed by atoms with E-state index >= 15 is 0 Å². The van der Waals surface area contributed by atoms with Gasteiger partial charge in [-0.2, -0.15) is 0 Å². The lowest BCUT2D eigenvalue weighted by Gasteiger charge is -2.31. The van der Waals surface area contributed by atoms with Crippen LogP contribution in [0.2, 0.25) is 0 Å². The average molecular weight is 367 g/mol. The molecule has 1 heteroatoms. The lowest BCUT2D eigenvalue weighted by atomic mass is 9.74. The number of aliphatic hydroxyl groups excluding tert-OH is 1. The number of rotatable bonds is 8. The van der Waals surface area contributed by atoms with E-state index in [4.69, 9.17) is 0 Å². The van der Waals surface area contributed by atoms with Gasteiger partial charge in [0.25, 0.3) is 0 Å². The van der Waals surface area contributed by atoms with Crippen molar-refractivity contribution >= 4 is 5.57 Å². The van der Waals surface area contributed by atoms with Gasteiger partial charge in [0.05, 0.1) is 0 Å². The van der Waals surface area contributed by atoms with E-state index in [9.17, 15) is 5.11 Å². The van der Waals surface area contributed by atoms with E-state index in [0.29, 0.717) is 16.9 Å². The zero-order valence-corrected chi connectivity index (χ0v) is 18.7. The second-order valence-electron chi connectivity index (χ2n) is 8.54. The zero-order valence-electron chi connectivity index (χ0n) is 18.7. The van der Waals surface area contributed by atoms with E-state index in [1.54, 1.807) is 0 Å². The van der Waals surface area contributed by atoms with Crippen molar-refractivity contribution in [3.8, 4) is 0 Å². The highest BCUT2D eigenvalue weighted by atomic mass is 16.3. The van der Waals surface area contributed by atoms with Crippen molar-refractivity contribution in [2.24, 2.45) is 11.3 Å². The van der Waals surface area contributed by atoms with Gasteiger partial charge in [-0.15, -0.1) is 0 Å². The molecule has 1 nitrogen and oxygen atoms in total. The molecule has 0 aromatic heterocycles. The molecule has 1 aromatic rings. The first kappa shape index (κ1) is 23.0. The number of allylic oxidation sites excluding steroid dienone is 4. The van der Waals surface area contributed by atoms with Gasteiger partial charge >= 0.3 is 0 Å². The third-order valence-corrected chi connectivity index (χ3v) is 6.25. The first-order valence-electron chi connectivity index (χ1n) is 9.97. The summed E-state index contributed by atoms with van der Waals surface area (Å²) in [6.07, 6.45) is 6.13. The summed E-state index contributed by atoms with van der Waals surface area (Å²) in [6.45, 7) is 25.5. The maximum absolute atomic E-state index is 9.78. The Morgan fingerprint density at radius 1 is 1.19 bits per heavy atom. The molecule has 0 saturated heterocycles. The molecule has 148 valence electrons. The van der Waals surface area contributed by atoms with Gasteiger partial charge < -0.3 is 5.11 Å². The first-order chi connectivity index (χ1) is 12.4. The Hall–Kier alpha value is -2.02. The summed E-state index contributed by atoms with van der Waals surface area (Å²) in [5.74, 6) is 0.646. The molecule has 0 amide bonds. The van der Waals surface area contributed by atoms with Crippen LogP contribution in [0.4, 0.5) is 0 Å². The van der Waals surface area contributed by atoms with E-state index in [1.165, 1.54) is 34.2 Å². The van der Waals surface area contributed by atoms with Crippen molar-refractivity contribution in [2.45, 2.75) is 68.2 Å². The van der Waals surface area contributed by atoms with Crippen LogP contribution in [-0.2, 0) is 6.42 Å². The van der Waals surface area contributed by atoms with Crippen molar-refractivity contribution in [1.82, 2.24) is 0 Å². The van der Waals surface area contributed by atoms with Gasteiger partial charge in [0.2, 0.25) is 0 Å². The molecular weight excluding hydrogens is 328 g/mol. The Labute approximate surface area is 167 Å². The molecule has 1 atom stereocenters. The van der Waals surface area contributed by atoms with Crippen LogP contribution >= 0.6 is 0 Å². The lowest BCUT2D eigenvalue weighted by Crippen LogP contribution is -2.23. The second kappa shape index (κ2) is 9.26. The van der Waals surface area contributed by atoms with Gasteiger partial charge in [0.15, 0.2) is 0 Å². The lowest BCUT2D eigenvalue weighted by molar-refractivity contribution is 0.220. The first-order valence-corrected chi connectivity index (χ1v) is 9.97. The number of hydrogen-bond donors (Lipinski definition) is 1. The summed E-state index contributed by atoms with van der Waals surface area (Å²) >= 11 is 0. The molecule has 0 saturated carbocycles. The summed E-state index contributed by atoms with van der Waals surface area (Å²) in [6, 6.07) is 4.63. The molecule has 0 aliphatic carbocycles. The minimum absolute atomic E-state index is 0.0603. The van der Waals surface area contributed by atoms with E-state index in [2.05, 4.69) is 79.8 Å². The van der Waals surface area contributed by atoms with Crippen molar-refractivity contribution in [3.05, 3.63) is 76.6 Å². The van der Waals surface area contributed by atoms with Gasteiger partial charge in [-0.3, -0.25) is 0 Å². The molecule has 0 fully saturated rings. The minimum atomic E-state index is 0.0603. The highest BCUT2D eigenvalue weighted by Gasteiger charge is 2.25. The second-order valence-corrected chi connectivity index (χ2v) is 8.54. The molecular formula is C26H38O. The molecule has 0 aliphatic heterocycles. The van der Waals surface area contributed by atoms with E-state index in [1.807, 2.05) is 13.0 Å². The van der Waals surface area contributed by atoms with Crippen molar-refractivity contribution in [2.75, 3.05) is 0 Å². The maximum Gasteiger partial charge on any atom is 0.115 e. The molecule has 1 unspecified atom stereocenters. The number of benzene rings is 1. The fourth-order valence-electron chi connectivity index (χ4n) is 3.32. The molecule has 27 heavy (non-hydrogen) atoms. The molecule has 1 N–H and O–H groups in total. The summed E-state index contributed by atoms with van der Waals surface area (Å²) in [7, 11) is 0. The molecule has 0 radical (unpaired) electrons. The number of aryl methyl sites for hydroxylation is 2. The molecule has 1 rings (SSSR count). The SMILES string of the molecule is C=C(O)/C(=C/C)C(=C)/C=C(\C)c1cc(C)c(C)cc1CC(C)C(C)(C)CC. The van der Waals surface area contributed by atoms with E-state index in [0.717, 1.165) is 12.0 Å². The summed E-state index contributed by atoms with van der Waals surface area (Å²) < 4.78 is 0. The third-order valence-electron chi connectivity index (χ3n) is 6.25. The largest absolute Gasteiger partial charge is 0.508 e. The number of hydrogen-bond acceptors (Lipinski definition) is 1. The monoisotopic (exact) mass is 366 g/mol. The third kappa shape index (κ3) is 5.73. The van der Waals surface area contributed by atoms with Crippen LogP contribution in [-0.4, -0.2) is 5.11 Å². The topological polar surface area (TPSA) is 20.2 Å². The van der Waals surface area contributed by atoms with Crippen LogP contribution < -0.4 is 0 Å². The van der Waals surface area contributed by atoms with Crippen LogP contribution in [0, 0.1) is 25.2 Å². The van der Waals surface area contributed by atoms with Gasteiger partial charge in [-0.05, 0) is 78.8 Å². The Morgan fingerprint density at radius 3 is 2.22 bits per heavy atom. The van der Waals surface area contributed by atoms with Crippen molar-refractivity contribution < 1.29 is 5.11 Å². The average Bonchev–Trinajstić information content (AvgIpc) is 2.57. The van der Waals surface area contributed by atoms with Crippen LogP contribution in [0.5, 0.6) is 0 Å². The molecule has 0 heterocycles. The Morgan fingerprint density at radius 2 is 1.74 bits per heavy atom. The summed E-state index contributed by atoms with van der Waals surface area (Å²) in [5, 5.41) is 9.78. The predicted octanol–water partition coefficient (Wildman–Crippen LogP) is 7.90. The summed E-state index contributed by atoms with van der Waals surface area (Å²) in [5.41, 5.74) is 8.25. The fraction of sp³-hybridized carbons (Fsp3) is 0.462. The Balaban J connectivity index is 3.38. The van der Waals surface area contributed by atoms with E-state index in [-0.39, 0.29) is 5.76 Å². The normalized spacial score (nSPS) is 14.2. The van der Waals surface area contributed by atoms with Gasteiger partial charge in [0, 0.05) is 5.57 Å². The molecule has 0 aliphatic rings. The van der Waals surface area contributed by atoms with Gasteiger partial charge in [-0.1, -0.05) is 71.6 Å². The van der Waals surface area contributed by atoms with Crippen molar-refractivity contribution in [3.63, 3.8) is 0 Å². The maximum atomic E-state index is 9.78. The zero-order chi connectivity index (χ0) is 20.9. The quantitative estimate of drug-likeness (QED) is 0.366. The Kier molecular flexibility index (Phi) is 7.90.